The zero-order valence-electron chi connectivity index (χ0n) is 18.0. The smallest absolute Gasteiger partial charge is 0.261 e. The summed E-state index contributed by atoms with van der Waals surface area (Å²) in [6, 6.07) is 3.62. The van der Waals surface area contributed by atoms with Crippen LogP contribution in [0.15, 0.2) is 43.1 Å². The van der Waals surface area contributed by atoms with Gasteiger partial charge in [-0.05, 0) is 39.2 Å². The number of hydrogen-bond acceptors (Lipinski definition) is 6. The van der Waals surface area contributed by atoms with Gasteiger partial charge in [0, 0.05) is 36.3 Å². The van der Waals surface area contributed by atoms with Gasteiger partial charge in [-0.15, -0.1) is 0 Å². The predicted octanol–water partition coefficient (Wildman–Crippen LogP) is 3.24. The minimum atomic E-state index is -0.290. The molecule has 1 N–H and O–H groups in total. The SMILES string of the molecule is CC(C)Oc1cc2nc(C34CCC(C3)OC4)cn2cc1C(=O)Nc1cnn2cccnc12. The molecule has 4 aromatic heterocycles. The van der Waals surface area contributed by atoms with E-state index in [1.165, 1.54) is 0 Å². The monoisotopic (exact) mass is 432 g/mol. The van der Waals surface area contributed by atoms with E-state index in [-0.39, 0.29) is 17.4 Å². The number of anilines is 1. The average Bonchev–Trinajstić information content (AvgIpc) is 3.56. The van der Waals surface area contributed by atoms with Gasteiger partial charge >= 0.3 is 0 Å². The molecule has 1 aliphatic carbocycles. The summed E-state index contributed by atoms with van der Waals surface area (Å²) in [5, 5.41) is 7.16. The van der Waals surface area contributed by atoms with Crippen LogP contribution in [0.25, 0.3) is 11.3 Å². The number of carbonyl (C=O) groups excluding carboxylic acids is 1. The largest absolute Gasteiger partial charge is 0.490 e. The first-order chi connectivity index (χ1) is 15.5. The Balaban J connectivity index is 1.39. The highest BCUT2D eigenvalue weighted by Gasteiger charge is 2.48. The lowest BCUT2D eigenvalue weighted by atomic mass is 9.85. The number of pyridine rings is 1. The molecule has 2 bridgehead atoms. The van der Waals surface area contributed by atoms with Gasteiger partial charge in [-0.3, -0.25) is 4.79 Å². The molecule has 0 spiro atoms. The van der Waals surface area contributed by atoms with Gasteiger partial charge in [0.05, 0.1) is 36.3 Å². The van der Waals surface area contributed by atoms with Crippen molar-refractivity contribution in [3.05, 3.63) is 54.4 Å². The lowest BCUT2D eigenvalue weighted by Crippen LogP contribution is -2.25. The zero-order chi connectivity index (χ0) is 21.9. The summed E-state index contributed by atoms with van der Waals surface area (Å²) in [7, 11) is 0. The molecule has 0 radical (unpaired) electrons. The third kappa shape index (κ3) is 3.03. The van der Waals surface area contributed by atoms with Crippen molar-refractivity contribution in [2.24, 2.45) is 0 Å². The van der Waals surface area contributed by atoms with E-state index in [1.807, 2.05) is 30.5 Å². The Hall–Kier alpha value is -3.46. The molecule has 1 saturated carbocycles. The van der Waals surface area contributed by atoms with E-state index < -0.39 is 0 Å². The fourth-order valence-electron chi connectivity index (χ4n) is 4.83. The van der Waals surface area contributed by atoms with Gasteiger partial charge in [0.2, 0.25) is 0 Å². The maximum absolute atomic E-state index is 13.3. The summed E-state index contributed by atoms with van der Waals surface area (Å²) in [5.74, 6) is 0.206. The van der Waals surface area contributed by atoms with Crippen LogP contribution in [0.2, 0.25) is 0 Å². The molecular formula is C23H24N6O3. The lowest BCUT2D eigenvalue weighted by molar-refractivity contribution is 0.0692. The Morgan fingerprint density at radius 3 is 3.03 bits per heavy atom. The van der Waals surface area contributed by atoms with Crippen molar-refractivity contribution in [1.29, 1.82) is 0 Å². The first kappa shape index (κ1) is 19.2. The number of imidazole rings is 1. The third-order valence-electron chi connectivity index (χ3n) is 6.39. The number of aromatic nitrogens is 5. The van der Waals surface area contributed by atoms with Crippen molar-refractivity contribution < 1.29 is 14.3 Å². The first-order valence-electron chi connectivity index (χ1n) is 10.9. The highest BCUT2D eigenvalue weighted by molar-refractivity contribution is 6.07. The predicted molar refractivity (Wildman–Crippen MR) is 117 cm³/mol. The maximum atomic E-state index is 13.3. The van der Waals surface area contributed by atoms with E-state index >= 15 is 0 Å². The molecule has 9 nitrogen and oxygen atoms in total. The van der Waals surface area contributed by atoms with Crippen LogP contribution in [0.5, 0.6) is 5.75 Å². The number of fused-ring (bicyclic) bond motifs is 4. The van der Waals surface area contributed by atoms with Crippen molar-refractivity contribution >= 4 is 22.9 Å². The minimum absolute atomic E-state index is 0.0130. The Bertz CT molecular complexity index is 1330. The van der Waals surface area contributed by atoms with Gasteiger partial charge in [-0.1, -0.05) is 0 Å². The molecule has 2 fully saturated rings. The number of ether oxygens (including phenoxy) is 2. The summed E-state index contributed by atoms with van der Waals surface area (Å²) in [5.41, 5.74) is 3.31. The van der Waals surface area contributed by atoms with Crippen LogP contribution in [-0.4, -0.2) is 48.7 Å². The normalized spacial score (nSPS) is 22.3. The van der Waals surface area contributed by atoms with E-state index in [4.69, 9.17) is 14.5 Å². The van der Waals surface area contributed by atoms with Crippen LogP contribution in [0, 0.1) is 0 Å². The second-order valence-electron chi connectivity index (χ2n) is 8.97. The molecule has 2 aliphatic rings. The van der Waals surface area contributed by atoms with Gasteiger partial charge in [-0.25, -0.2) is 14.5 Å². The molecule has 32 heavy (non-hydrogen) atoms. The zero-order valence-corrected chi connectivity index (χ0v) is 18.0. The standard InChI is InChI=1S/C23H24N6O3/c1-14(2)32-18-8-20-27-19(23-5-4-15(9-23)31-13-23)12-28(20)11-16(18)22(30)26-17-10-25-29-7-3-6-24-21(17)29/h3,6-8,10-12,14-15H,4-5,9,13H2,1-2H3,(H,26,30). The van der Waals surface area contributed by atoms with Gasteiger partial charge in [0.1, 0.15) is 17.1 Å². The van der Waals surface area contributed by atoms with Gasteiger partial charge in [0.15, 0.2) is 5.65 Å². The summed E-state index contributed by atoms with van der Waals surface area (Å²) < 4.78 is 15.4. The number of carbonyl (C=O) groups is 1. The maximum Gasteiger partial charge on any atom is 0.261 e. The number of nitrogens with zero attached hydrogens (tertiary/aromatic N) is 5. The Morgan fingerprint density at radius 2 is 2.28 bits per heavy atom. The number of nitrogens with one attached hydrogen (secondary N) is 1. The molecule has 1 aliphatic heterocycles. The Kier molecular flexibility index (Phi) is 4.23. The third-order valence-corrected chi connectivity index (χ3v) is 6.39. The van der Waals surface area contributed by atoms with Gasteiger partial charge in [0.25, 0.3) is 5.91 Å². The lowest BCUT2D eigenvalue weighted by Gasteiger charge is -2.22. The van der Waals surface area contributed by atoms with Crippen LogP contribution in [0.1, 0.15) is 49.2 Å². The van der Waals surface area contributed by atoms with Crippen molar-refractivity contribution in [1.82, 2.24) is 24.0 Å². The summed E-state index contributed by atoms with van der Waals surface area (Å²) >= 11 is 0. The molecule has 0 aromatic carbocycles. The van der Waals surface area contributed by atoms with Crippen LogP contribution in [0.4, 0.5) is 5.69 Å². The first-order valence-corrected chi connectivity index (χ1v) is 10.9. The molecule has 6 rings (SSSR count). The van der Waals surface area contributed by atoms with Crippen LogP contribution in [-0.2, 0) is 10.2 Å². The van der Waals surface area contributed by atoms with Crippen molar-refractivity contribution in [2.75, 3.05) is 11.9 Å². The highest BCUT2D eigenvalue weighted by Crippen LogP contribution is 2.47. The molecule has 164 valence electrons. The summed E-state index contributed by atoms with van der Waals surface area (Å²) in [6.07, 6.45) is 12.3. The highest BCUT2D eigenvalue weighted by atomic mass is 16.5. The molecule has 9 heteroatoms. The van der Waals surface area contributed by atoms with Crippen molar-refractivity contribution in [3.63, 3.8) is 0 Å². The van der Waals surface area contributed by atoms with E-state index in [0.717, 1.165) is 30.6 Å². The van der Waals surface area contributed by atoms with Gasteiger partial charge < -0.3 is 19.2 Å². The van der Waals surface area contributed by atoms with E-state index in [2.05, 4.69) is 15.4 Å². The Labute approximate surface area is 184 Å². The number of hydrogen-bond donors (Lipinski definition) is 1. The molecule has 5 heterocycles. The molecule has 2 atom stereocenters. The van der Waals surface area contributed by atoms with E-state index in [9.17, 15) is 4.79 Å². The minimum Gasteiger partial charge on any atom is -0.490 e. The van der Waals surface area contributed by atoms with Crippen LogP contribution < -0.4 is 10.1 Å². The molecule has 4 aromatic rings. The summed E-state index contributed by atoms with van der Waals surface area (Å²) in [6.45, 7) is 4.59. The van der Waals surface area contributed by atoms with Crippen LogP contribution >= 0.6 is 0 Å². The van der Waals surface area contributed by atoms with Crippen LogP contribution in [0.3, 0.4) is 0 Å². The van der Waals surface area contributed by atoms with Gasteiger partial charge in [-0.2, -0.15) is 5.10 Å². The second-order valence-corrected chi connectivity index (χ2v) is 8.97. The average molecular weight is 432 g/mol. The fourth-order valence-corrected chi connectivity index (χ4v) is 4.83. The molecular weight excluding hydrogens is 408 g/mol. The second kappa shape index (κ2) is 7.03. The molecule has 1 amide bonds. The fraction of sp³-hybridized carbons (Fsp3) is 0.391. The van der Waals surface area contributed by atoms with E-state index in [0.29, 0.717) is 35.4 Å². The molecule has 2 unspecified atom stereocenters. The van der Waals surface area contributed by atoms with Crippen molar-refractivity contribution in [3.8, 4) is 5.75 Å². The Morgan fingerprint density at radius 1 is 1.38 bits per heavy atom. The molecule has 1 saturated heterocycles. The quantitative estimate of drug-likeness (QED) is 0.520. The topological polar surface area (TPSA) is 95.0 Å². The number of rotatable bonds is 5. The summed E-state index contributed by atoms with van der Waals surface area (Å²) in [4.78, 5) is 22.5. The van der Waals surface area contributed by atoms with E-state index in [1.54, 1.807) is 35.4 Å². The van der Waals surface area contributed by atoms with Crippen molar-refractivity contribution in [2.45, 2.75) is 50.7 Å². The number of amides is 1.